The van der Waals surface area contributed by atoms with Gasteiger partial charge < -0.3 is 19.6 Å². The molecule has 7 heteroatoms. The summed E-state index contributed by atoms with van der Waals surface area (Å²) in [5, 5.41) is 6.99. The Hall–Kier alpha value is -2.41. The lowest BCUT2D eigenvalue weighted by molar-refractivity contribution is 0.194. The molecule has 2 heterocycles. The number of amides is 2. The number of carbonyl (C=O) groups is 1. The summed E-state index contributed by atoms with van der Waals surface area (Å²) >= 11 is 0. The topological polar surface area (TPSA) is 74.5 Å². The van der Waals surface area contributed by atoms with Crippen LogP contribution in [0.25, 0.3) is 11.3 Å². The molecule has 0 unspecified atom stereocenters. The number of hydrogen-bond donors (Lipinski definition) is 1. The van der Waals surface area contributed by atoms with Crippen LogP contribution in [-0.2, 0) is 6.54 Å². The summed E-state index contributed by atoms with van der Waals surface area (Å²) in [7, 11) is 5.76. The van der Waals surface area contributed by atoms with E-state index in [4.69, 9.17) is 4.52 Å². The Bertz CT molecular complexity index is 641. The number of likely N-dealkylation sites (N-methyl/N-ethyl adjacent to an activating group) is 1. The van der Waals surface area contributed by atoms with E-state index in [2.05, 4.69) is 27.3 Å². The summed E-state index contributed by atoms with van der Waals surface area (Å²) in [6.45, 7) is 3.09. The Balaban J connectivity index is 1.89. The van der Waals surface area contributed by atoms with Crippen molar-refractivity contribution in [2.75, 3.05) is 27.7 Å². The van der Waals surface area contributed by atoms with Crippen molar-refractivity contribution in [2.24, 2.45) is 0 Å². The zero-order chi connectivity index (χ0) is 17.5. The largest absolute Gasteiger partial charge is 0.359 e. The fraction of sp³-hybridized carbons (Fsp3) is 0.471. The van der Waals surface area contributed by atoms with Crippen molar-refractivity contribution in [1.29, 1.82) is 0 Å². The minimum atomic E-state index is -0.128. The maximum absolute atomic E-state index is 12.2. The van der Waals surface area contributed by atoms with Gasteiger partial charge in [-0.1, -0.05) is 12.1 Å². The maximum Gasteiger partial charge on any atom is 0.317 e. The average molecular weight is 331 g/mol. The zero-order valence-corrected chi connectivity index (χ0v) is 14.7. The molecule has 1 atom stereocenters. The number of carbonyl (C=O) groups excluding carboxylic acids is 1. The summed E-state index contributed by atoms with van der Waals surface area (Å²) < 4.78 is 5.32. The lowest BCUT2D eigenvalue weighted by atomic mass is 10.2. The molecule has 2 aromatic rings. The second-order valence-electron chi connectivity index (χ2n) is 5.98. The van der Waals surface area contributed by atoms with Crippen LogP contribution in [0, 0.1) is 0 Å². The molecule has 2 rings (SSSR count). The second kappa shape index (κ2) is 8.44. The number of pyridine rings is 1. The van der Waals surface area contributed by atoms with E-state index in [0.29, 0.717) is 24.9 Å². The van der Waals surface area contributed by atoms with Crippen LogP contribution in [0.1, 0.15) is 19.1 Å². The van der Waals surface area contributed by atoms with Crippen LogP contribution in [-0.4, -0.2) is 59.7 Å². The van der Waals surface area contributed by atoms with Crippen LogP contribution >= 0.6 is 0 Å². The van der Waals surface area contributed by atoms with Crippen molar-refractivity contribution in [1.82, 2.24) is 25.3 Å². The third kappa shape index (κ3) is 4.79. The molecule has 130 valence electrons. The molecule has 0 fully saturated rings. The van der Waals surface area contributed by atoms with E-state index >= 15 is 0 Å². The molecule has 1 N–H and O–H groups in total. The first-order valence-electron chi connectivity index (χ1n) is 8.02. The standard InChI is InChI=1S/C17H25N5O2/c1-5-14(21(2)3)11-19-17(23)22(4)12-15-10-16(20-24-15)13-6-8-18-9-7-13/h6-10,14H,5,11-12H2,1-4H3,(H,19,23)/t14-/m0/s1. The number of rotatable bonds is 7. The first-order valence-corrected chi connectivity index (χ1v) is 8.02. The van der Waals surface area contributed by atoms with Crippen molar-refractivity contribution < 1.29 is 9.32 Å². The van der Waals surface area contributed by atoms with Gasteiger partial charge in [-0.2, -0.15) is 0 Å². The van der Waals surface area contributed by atoms with E-state index in [1.165, 1.54) is 0 Å². The highest BCUT2D eigenvalue weighted by Crippen LogP contribution is 2.18. The van der Waals surface area contributed by atoms with Crippen LogP contribution in [0.2, 0.25) is 0 Å². The van der Waals surface area contributed by atoms with E-state index in [-0.39, 0.29) is 6.03 Å². The fourth-order valence-corrected chi connectivity index (χ4v) is 2.38. The smallest absolute Gasteiger partial charge is 0.317 e. The van der Waals surface area contributed by atoms with Crippen molar-refractivity contribution in [3.8, 4) is 11.3 Å². The number of nitrogens with zero attached hydrogens (tertiary/aromatic N) is 4. The van der Waals surface area contributed by atoms with E-state index in [0.717, 1.165) is 17.7 Å². The highest BCUT2D eigenvalue weighted by atomic mass is 16.5. The molecule has 0 aliphatic heterocycles. The first kappa shape index (κ1) is 17.9. The molecule has 24 heavy (non-hydrogen) atoms. The Morgan fingerprint density at radius 2 is 2.00 bits per heavy atom. The van der Waals surface area contributed by atoms with Crippen LogP contribution in [0.3, 0.4) is 0 Å². The van der Waals surface area contributed by atoms with Gasteiger partial charge in [0.1, 0.15) is 5.69 Å². The van der Waals surface area contributed by atoms with Crippen LogP contribution in [0.15, 0.2) is 35.1 Å². The van der Waals surface area contributed by atoms with Crippen molar-refractivity contribution >= 4 is 6.03 Å². The molecule has 0 saturated heterocycles. The SMILES string of the molecule is CC[C@@H](CNC(=O)N(C)Cc1cc(-c2ccncc2)no1)N(C)C. The number of nitrogens with one attached hydrogen (secondary N) is 1. The Morgan fingerprint density at radius 3 is 2.62 bits per heavy atom. The highest BCUT2D eigenvalue weighted by molar-refractivity contribution is 5.73. The van der Waals surface area contributed by atoms with Gasteiger partial charge in [0.25, 0.3) is 0 Å². The van der Waals surface area contributed by atoms with Gasteiger partial charge in [0.2, 0.25) is 0 Å². The van der Waals surface area contributed by atoms with Gasteiger partial charge in [-0.15, -0.1) is 0 Å². The normalized spacial score (nSPS) is 12.2. The summed E-state index contributed by atoms with van der Waals surface area (Å²) in [5.41, 5.74) is 1.67. The summed E-state index contributed by atoms with van der Waals surface area (Å²) in [6.07, 6.45) is 4.39. The molecule has 0 bridgehead atoms. The molecule has 0 radical (unpaired) electrons. The molecule has 0 spiro atoms. The molecule has 0 aromatic carbocycles. The summed E-state index contributed by atoms with van der Waals surface area (Å²) in [4.78, 5) is 19.9. The number of aromatic nitrogens is 2. The van der Waals surface area contributed by atoms with Crippen LogP contribution < -0.4 is 5.32 Å². The lowest BCUT2D eigenvalue weighted by Gasteiger charge is -2.24. The number of urea groups is 1. The summed E-state index contributed by atoms with van der Waals surface area (Å²) in [5.74, 6) is 0.638. The van der Waals surface area contributed by atoms with Gasteiger partial charge in [0.05, 0.1) is 6.54 Å². The lowest BCUT2D eigenvalue weighted by Crippen LogP contribution is -2.44. The van der Waals surface area contributed by atoms with E-state index in [9.17, 15) is 4.79 Å². The molecule has 0 aliphatic rings. The Kier molecular flexibility index (Phi) is 6.31. The highest BCUT2D eigenvalue weighted by Gasteiger charge is 2.15. The third-order valence-electron chi connectivity index (χ3n) is 3.97. The molecule has 0 saturated carbocycles. The number of hydrogen-bond acceptors (Lipinski definition) is 5. The maximum atomic E-state index is 12.2. The van der Waals surface area contributed by atoms with E-state index in [1.807, 2.05) is 32.3 Å². The Labute approximate surface area is 142 Å². The van der Waals surface area contributed by atoms with Crippen LogP contribution in [0.4, 0.5) is 4.79 Å². The molecule has 0 aliphatic carbocycles. The Morgan fingerprint density at radius 1 is 1.29 bits per heavy atom. The van der Waals surface area contributed by atoms with Crippen LogP contribution in [0.5, 0.6) is 0 Å². The van der Waals surface area contributed by atoms with Gasteiger partial charge in [0, 0.05) is 43.7 Å². The quantitative estimate of drug-likeness (QED) is 0.842. The predicted octanol–water partition coefficient (Wildman–Crippen LogP) is 2.22. The minimum Gasteiger partial charge on any atom is -0.359 e. The zero-order valence-electron chi connectivity index (χ0n) is 14.7. The van der Waals surface area contributed by atoms with Gasteiger partial charge in [-0.3, -0.25) is 4.98 Å². The molecule has 7 nitrogen and oxygen atoms in total. The minimum absolute atomic E-state index is 0.128. The van der Waals surface area contributed by atoms with Gasteiger partial charge in [-0.25, -0.2) is 4.79 Å². The predicted molar refractivity (Wildman–Crippen MR) is 92.4 cm³/mol. The van der Waals surface area contributed by atoms with Gasteiger partial charge in [0.15, 0.2) is 5.76 Å². The van der Waals surface area contributed by atoms with Gasteiger partial charge in [-0.05, 0) is 32.6 Å². The van der Waals surface area contributed by atoms with Crippen molar-refractivity contribution in [3.05, 3.63) is 36.4 Å². The summed E-state index contributed by atoms with van der Waals surface area (Å²) in [6, 6.07) is 5.77. The monoisotopic (exact) mass is 331 g/mol. The second-order valence-corrected chi connectivity index (χ2v) is 5.98. The van der Waals surface area contributed by atoms with E-state index < -0.39 is 0 Å². The fourth-order valence-electron chi connectivity index (χ4n) is 2.38. The van der Waals surface area contributed by atoms with Crippen molar-refractivity contribution in [3.63, 3.8) is 0 Å². The van der Waals surface area contributed by atoms with Crippen molar-refractivity contribution in [2.45, 2.75) is 25.9 Å². The van der Waals surface area contributed by atoms with Gasteiger partial charge >= 0.3 is 6.03 Å². The molecule has 2 amide bonds. The molecule has 2 aromatic heterocycles. The third-order valence-corrected chi connectivity index (χ3v) is 3.97. The molecular formula is C17H25N5O2. The van der Waals surface area contributed by atoms with E-state index in [1.54, 1.807) is 24.3 Å². The first-order chi connectivity index (χ1) is 11.5. The molecular weight excluding hydrogens is 306 g/mol. The average Bonchev–Trinajstić information content (AvgIpc) is 3.04.